The Labute approximate surface area is 137 Å². The number of halogens is 1. The van der Waals surface area contributed by atoms with Crippen LogP contribution in [0.2, 0.25) is 0 Å². The lowest BCUT2D eigenvalue weighted by molar-refractivity contribution is 0.0890. The number of likely N-dealkylation sites (N-methyl/N-ethyl adjacent to an activating group) is 1. The Morgan fingerprint density at radius 3 is 2.48 bits per heavy atom. The highest BCUT2D eigenvalue weighted by Gasteiger charge is 2.25. The number of nitrogens with one attached hydrogen (secondary N) is 2. The van der Waals surface area contributed by atoms with Crippen molar-refractivity contribution >= 4 is 11.7 Å². The quantitative estimate of drug-likeness (QED) is 0.874. The lowest BCUT2D eigenvalue weighted by atomic mass is 10.0. The van der Waals surface area contributed by atoms with Crippen LogP contribution in [0, 0.1) is 11.7 Å². The summed E-state index contributed by atoms with van der Waals surface area (Å²) in [6, 6.07) is 6.09. The van der Waals surface area contributed by atoms with E-state index in [1.54, 1.807) is 18.2 Å². The highest BCUT2D eigenvalue weighted by Crippen LogP contribution is 2.14. The molecule has 0 aliphatic carbocycles. The minimum atomic E-state index is -0.429. The van der Waals surface area contributed by atoms with Gasteiger partial charge < -0.3 is 15.5 Å². The van der Waals surface area contributed by atoms with Gasteiger partial charge in [0.15, 0.2) is 0 Å². The van der Waals surface area contributed by atoms with Crippen molar-refractivity contribution in [1.29, 1.82) is 0 Å². The molecule has 0 spiro atoms. The topological polar surface area (TPSA) is 47.6 Å². The van der Waals surface area contributed by atoms with E-state index in [0.717, 1.165) is 26.2 Å². The van der Waals surface area contributed by atoms with E-state index in [1.165, 1.54) is 6.07 Å². The first kappa shape index (κ1) is 17.7. The van der Waals surface area contributed by atoms with Gasteiger partial charge in [-0.05, 0) is 25.1 Å². The van der Waals surface area contributed by atoms with Crippen molar-refractivity contribution in [1.82, 2.24) is 15.1 Å². The van der Waals surface area contributed by atoms with Crippen molar-refractivity contribution in [3.8, 4) is 0 Å². The molecule has 0 saturated carbocycles. The minimum absolute atomic E-state index is 0.200. The fourth-order valence-electron chi connectivity index (χ4n) is 2.87. The van der Waals surface area contributed by atoms with Crippen molar-refractivity contribution in [3.05, 3.63) is 30.1 Å². The Bertz CT molecular complexity index is 515. The van der Waals surface area contributed by atoms with Gasteiger partial charge in [0, 0.05) is 38.8 Å². The summed E-state index contributed by atoms with van der Waals surface area (Å²) in [5.41, 5.74) is 0.200. The third-order valence-corrected chi connectivity index (χ3v) is 4.37. The highest BCUT2D eigenvalue weighted by atomic mass is 19.1. The predicted molar refractivity (Wildman–Crippen MR) is 91.1 cm³/mol. The average molecular weight is 322 g/mol. The number of carbonyl (C=O) groups excluding carboxylic acids is 1. The molecule has 1 aliphatic heterocycles. The largest absolute Gasteiger partial charge is 0.336 e. The second kappa shape index (κ2) is 8.26. The summed E-state index contributed by atoms with van der Waals surface area (Å²) in [6.45, 7) is 9.00. The van der Waals surface area contributed by atoms with E-state index in [-0.39, 0.29) is 17.8 Å². The number of anilines is 1. The molecule has 1 aromatic rings. The maximum Gasteiger partial charge on any atom is 0.319 e. The standard InChI is InChI=1S/C17H27FN4O/c1-13(2)16(22-10-8-21(3)9-11-22)12-19-17(23)20-15-7-5-4-6-14(15)18/h4-7,13,16H,8-12H2,1-3H3,(H2,19,20,23)/t16-/m0/s1. The van der Waals surface area contributed by atoms with Gasteiger partial charge in [0.2, 0.25) is 0 Å². The molecule has 1 heterocycles. The Balaban J connectivity index is 1.86. The van der Waals surface area contributed by atoms with E-state index in [0.29, 0.717) is 12.5 Å². The zero-order chi connectivity index (χ0) is 16.8. The molecule has 6 heteroatoms. The van der Waals surface area contributed by atoms with Crippen LogP contribution in [0.3, 0.4) is 0 Å². The van der Waals surface area contributed by atoms with Crippen molar-refractivity contribution in [2.24, 2.45) is 5.92 Å². The van der Waals surface area contributed by atoms with Crippen LogP contribution in [0.5, 0.6) is 0 Å². The molecule has 2 amide bonds. The molecule has 5 nitrogen and oxygen atoms in total. The van der Waals surface area contributed by atoms with Gasteiger partial charge in [0.1, 0.15) is 5.82 Å². The molecule has 128 valence electrons. The molecular formula is C17H27FN4O. The van der Waals surface area contributed by atoms with Crippen LogP contribution >= 0.6 is 0 Å². The molecule has 1 aliphatic rings. The maximum absolute atomic E-state index is 13.5. The monoisotopic (exact) mass is 322 g/mol. The van der Waals surface area contributed by atoms with E-state index >= 15 is 0 Å². The fraction of sp³-hybridized carbons (Fsp3) is 0.588. The molecule has 1 fully saturated rings. The molecule has 2 rings (SSSR count). The van der Waals surface area contributed by atoms with Gasteiger partial charge in [-0.2, -0.15) is 0 Å². The lowest BCUT2D eigenvalue weighted by Crippen LogP contribution is -2.54. The summed E-state index contributed by atoms with van der Waals surface area (Å²) in [7, 11) is 2.13. The normalized spacial score (nSPS) is 18.0. The van der Waals surface area contributed by atoms with Gasteiger partial charge in [-0.1, -0.05) is 26.0 Å². The second-order valence-electron chi connectivity index (χ2n) is 6.47. The number of hydrogen-bond donors (Lipinski definition) is 2. The number of rotatable bonds is 5. The number of urea groups is 1. The van der Waals surface area contributed by atoms with Crippen LogP contribution < -0.4 is 10.6 Å². The van der Waals surface area contributed by atoms with Crippen LogP contribution in [-0.4, -0.2) is 61.6 Å². The van der Waals surface area contributed by atoms with Gasteiger partial charge in [0.25, 0.3) is 0 Å². The van der Waals surface area contributed by atoms with Crippen molar-refractivity contribution in [2.45, 2.75) is 19.9 Å². The fourth-order valence-corrected chi connectivity index (χ4v) is 2.87. The number of nitrogens with zero attached hydrogens (tertiary/aromatic N) is 2. The van der Waals surface area contributed by atoms with Crippen LogP contribution in [0.4, 0.5) is 14.9 Å². The molecule has 1 aromatic carbocycles. The van der Waals surface area contributed by atoms with Crippen LogP contribution in [0.1, 0.15) is 13.8 Å². The number of benzene rings is 1. The van der Waals surface area contributed by atoms with E-state index in [2.05, 4.69) is 41.3 Å². The SMILES string of the molecule is CC(C)[C@H](CNC(=O)Nc1ccccc1F)N1CCN(C)CC1. The van der Waals surface area contributed by atoms with Gasteiger partial charge >= 0.3 is 6.03 Å². The molecule has 1 saturated heterocycles. The summed E-state index contributed by atoms with van der Waals surface area (Å²) >= 11 is 0. The molecule has 0 radical (unpaired) electrons. The van der Waals surface area contributed by atoms with Gasteiger partial charge in [-0.15, -0.1) is 0 Å². The molecule has 2 N–H and O–H groups in total. The first-order valence-corrected chi connectivity index (χ1v) is 8.19. The smallest absolute Gasteiger partial charge is 0.319 e. The van der Waals surface area contributed by atoms with Crippen molar-refractivity contribution in [3.63, 3.8) is 0 Å². The molecule has 0 aromatic heterocycles. The number of hydrogen-bond acceptors (Lipinski definition) is 3. The van der Waals surface area contributed by atoms with Crippen LogP contribution in [0.15, 0.2) is 24.3 Å². The van der Waals surface area contributed by atoms with Gasteiger partial charge in [-0.3, -0.25) is 4.90 Å². The van der Waals surface area contributed by atoms with Crippen molar-refractivity contribution < 1.29 is 9.18 Å². The predicted octanol–water partition coefficient (Wildman–Crippen LogP) is 2.22. The second-order valence-corrected chi connectivity index (χ2v) is 6.47. The zero-order valence-electron chi connectivity index (χ0n) is 14.2. The molecular weight excluding hydrogens is 295 g/mol. The Hall–Kier alpha value is -1.66. The van der Waals surface area contributed by atoms with Gasteiger partial charge in [0.05, 0.1) is 5.69 Å². The lowest BCUT2D eigenvalue weighted by Gasteiger charge is -2.39. The Kier molecular flexibility index (Phi) is 6.36. The van der Waals surface area contributed by atoms with Crippen LogP contribution in [-0.2, 0) is 0 Å². The minimum Gasteiger partial charge on any atom is -0.336 e. The average Bonchev–Trinajstić information content (AvgIpc) is 2.51. The van der Waals surface area contributed by atoms with E-state index in [1.807, 2.05) is 0 Å². The molecule has 1 atom stereocenters. The number of amides is 2. The summed E-state index contributed by atoms with van der Waals surface area (Å²) in [4.78, 5) is 16.7. The van der Waals surface area contributed by atoms with E-state index in [4.69, 9.17) is 0 Å². The third kappa shape index (κ3) is 5.18. The van der Waals surface area contributed by atoms with E-state index < -0.39 is 5.82 Å². The highest BCUT2D eigenvalue weighted by molar-refractivity contribution is 5.89. The number of piperazine rings is 1. The maximum atomic E-state index is 13.5. The summed E-state index contributed by atoms with van der Waals surface area (Å²) < 4.78 is 13.5. The molecule has 0 unspecified atom stereocenters. The van der Waals surface area contributed by atoms with E-state index in [9.17, 15) is 9.18 Å². The van der Waals surface area contributed by atoms with Crippen molar-refractivity contribution in [2.75, 3.05) is 45.1 Å². The number of carbonyl (C=O) groups is 1. The molecule has 23 heavy (non-hydrogen) atoms. The van der Waals surface area contributed by atoms with Gasteiger partial charge in [-0.25, -0.2) is 9.18 Å². The Morgan fingerprint density at radius 2 is 1.87 bits per heavy atom. The molecule has 0 bridgehead atoms. The first-order valence-electron chi connectivity index (χ1n) is 8.19. The zero-order valence-corrected chi connectivity index (χ0v) is 14.2. The summed E-state index contributed by atoms with van der Waals surface area (Å²) in [6.07, 6.45) is 0. The summed E-state index contributed by atoms with van der Waals surface area (Å²) in [5, 5.41) is 5.44. The Morgan fingerprint density at radius 1 is 1.22 bits per heavy atom. The summed E-state index contributed by atoms with van der Waals surface area (Å²) in [5.74, 6) is 0.00861. The third-order valence-electron chi connectivity index (χ3n) is 4.37. The number of para-hydroxylation sites is 1. The van der Waals surface area contributed by atoms with Crippen LogP contribution in [0.25, 0.3) is 0 Å². The first-order chi connectivity index (χ1) is 11.0.